The van der Waals surface area contributed by atoms with E-state index in [0.717, 1.165) is 11.4 Å². The molecule has 1 heterocycles. The van der Waals surface area contributed by atoms with Gasteiger partial charge in [-0.05, 0) is 6.07 Å². The quantitative estimate of drug-likeness (QED) is 0.554. The van der Waals surface area contributed by atoms with Crippen molar-refractivity contribution in [2.75, 3.05) is 32.1 Å². The first-order valence-corrected chi connectivity index (χ1v) is 6.21. The minimum atomic E-state index is 0.546. The number of rotatable bonds is 6. The summed E-state index contributed by atoms with van der Waals surface area (Å²) in [5, 5.41) is 3.23. The number of nitrogen functional groups attached to an aromatic ring is 1. The molecule has 7 nitrogen and oxygen atoms in total. The summed E-state index contributed by atoms with van der Waals surface area (Å²) in [7, 11) is 4.71. The Morgan fingerprint density at radius 1 is 0.952 bits per heavy atom. The van der Waals surface area contributed by atoms with E-state index < -0.39 is 0 Å². The van der Waals surface area contributed by atoms with Crippen molar-refractivity contribution in [2.24, 2.45) is 5.84 Å². The topological polar surface area (TPSA) is 90.7 Å². The molecule has 0 radical (unpaired) electrons. The fraction of sp³-hybridized carbons (Fsp3) is 0.214. The number of hydrazine groups is 1. The lowest BCUT2D eigenvalue weighted by atomic mass is 10.2. The lowest BCUT2D eigenvalue weighted by Crippen LogP contribution is -2.08. The summed E-state index contributed by atoms with van der Waals surface area (Å²) in [5.74, 6) is 7.60. The number of methoxy groups -OCH3 is 3. The van der Waals surface area contributed by atoms with E-state index in [2.05, 4.69) is 15.7 Å². The molecule has 4 N–H and O–H groups in total. The van der Waals surface area contributed by atoms with Gasteiger partial charge in [-0.15, -0.1) is 0 Å². The molecule has 2 rings (SSSR count). The summed E-state index contributed by atoms with van der Waals surface area (Å²) >= 11 is 0. The van der Waals surface area contributed by atoms with E-state index in [1.54, 1.807) is 33.6 Å². The largest absolute Gasteiger partial charge is 0.493 e. The number of nitrogens with zero attached hydrogens (tertiary/aromatic N) is 1. The third-order valence-electron chi connectivity index (χ3n) is 2.86. The van der Waals surface area contributed by atoms with Crippen molar-refractivity contribution in [3.63, 3.8) is 0 Å². The summed E-state index contributed by atoms with van der Waals surface area (Å²) in [6, 6.07) is 7.24. The number of anilines is 3. The second-order valence-electron chi connectivity index (χ2n) is 4.11. The third-order valence-corrected chi connectivity index (χ3v) is 2.86. The van der Waals surface area contributed by atoms with Gasteiger partial charge in [0.05, 0.1) is 21.3 Å². The predicted octanol–water partition coefficient (Wildman–Crippen LogP) is 2.14. The van der Waals surface area contributed by atoms with Crippen LogP contribution in [0.2, 0.25) is 0 Å². The average molecular weight is 290 g/mol. The Hall–Kier alpha value is -2.67. The number of hydrogen-bond donors (Lipinski definition) is 3. The second kappa shape index (κ2) is 6.67. The van der Waals surface area contributed by atoms with Gasteiger partial charge >= 0.3 is 0 Å². The first-order valence-electron chi connectivity index (χ1n) is 6.21. The van der Waals surface area contributed by atoms with E-state index in [1.807, 2.05) is 18.2 Å². The van der Waals surface area contributed by atoms with Crippen molar-refractivity contribution in [3.8, 4) is 17.2 Å². The molecular weight excluding hydrogens is 272 g/mol. The van der Waals surface area contributed by atoms with Crippen LogP contribution in [-0.2, 0) is 0 Å². The van der Waals surface area contributed by atoms with Crippen molar-refractivity contribution >= 4 is 17.2 Å². The molecule has 0 aliphatic rings. The predicted molar refractivity (Wildman–Crippen MR) is 81.4 cm³/mol. The molecule has 0 fully saturated rings. The van der Waals surface area contributed by atoms with Crippen LogP contribution >= 0.6 is 0 Å². The zero-order chi connectivity index (χ0) is 15.2. The first kappa shape index (κ1) is 14.7. The van der Waals surface area contributed by atoms with Crippen LogP contribution in [0, 0.1) is 0 Å². The Morgan fingerprint density at radius 2 is 1.62 bits per heavy atom. The molecule has 1 aromatic heterocycles. The molecule has 112 valence electrons. The first-order chi connectivity index (χ1) is 10.2. The van der Waals surface area contributed by atoms with Crippen LogP contribution in [0.25, 0.3) is 0 Å². The van der Waals surface area contributed by atoms with Crippen LogP contribution in [0.5, 0.6) is 17.2 Å². The van der Waals surface area contributed by atoms with Gasteiger partial charge in [0.25, 0.3) is 0 Å². The van der Waals surface area contributed by atoms with Gasteiger partial charge in [0, 0.05) is 35.8 Å². The smallest absolute Gasteiger partial charge is 0.203 e. The Bertz CT molecular complexity index is 594. The van der Waals surface area contributed by atoms with Gasteiger partial charge < -0.3 is 25.0 Å². The molecule has 0 bridgehead atoms. The minimum absolute atomic E-state index is 0.546. The second-order valence-corrected chi connectivity index (χ2v) is 4.11. The van der Waals surface area contributed by atoms with Gasteiger partial charge in [-0.3, -0.25) is 0 Å². The van der Waals surface area contributed by atoms with Gasteiger partial charge in [0.15, 0.2) is 11.5 Å². The molecule has 21 heavy (non-hydrogen) atoms. The molecule has 0 atom stereocenters. The van der Waals surface area contributed by atoms with Crippen LogP contribution in [0.4, 0.5) is 17.2 Å². The third kappa shape index (κ3) is 3.26. The molecule has 0 spiro atoms. The highest BCUT2D eigenvalue weighted by molar-refractivity contribution is 5.69. The lowest BCUT2D eigenvalue weighted by Gasteiger charge is -2.15. The van der Waals surface area contributed by atoms with Gasteiger partial charge in [-0.1, -0.05) is 0 Å². The number of aromatic nitrogens is 1. The Balaban J connectivity index is 2.35. The summed E-state index contributed by atoms with van der Waals surface area (Å²) in [6.45, 7) is 0. The van der Waals surface area contributed by atoms with Crippen LogP contribution in [0.3, 0.4) is 0 Å². The Morgan fingerprint density at radius 3 is 2.14 bits per heavy atom. The van der Waals surface area contributed by atoms with E-state index in [4.69, 9.17) is 20.1 Å². The maximum Gasteiger partial charge on any atom is 0.203 e. The summed E-state index contributed by atoms with van der Waals surface area (Å²) in [5.41, 5.74) is 4.11. The number of nitrogens with two attached hydrogens (primary N) is 1. The van der Waals surface area contributed by atoms with Crippen LogP contribution in [-0.4, -0.2) is 26.3 Å². The van der Waals surface area contributed by atoms with E-state index in [1.165, 1.54) is 0 Å². The van der Waals surface area contributed by atoms with Gasteiger partial charge in [-0.2, -0.15) is 0 Å². The zero-order valence-electron chi connectivity index (χ0n) is 12.1. The van der Waals surface area contributed by atoms with Gasteiger partial charge in [0.1, 0.15) is 5.82 Å². The molecule has 0 aliphatic carbocycles. The molecule has 0 amide bonds. The summed E-state index contributed by atoms with van der Waals surface area (Å²) in [6.07, 6.45) is 1.65. The number of nitrogens with one attached hydrogen (secondary N) is 2. The SMILES string of the molecule is COc1cc(Nc2ccnc(NN)c2)cc(OC)c1OC. The van der Waals surface area contributed by atoms with Crippen LogP contribution < -0.4 is 30.8 Å². The molecule has 7 heteroatoms. The Kier molecular flexibility index (Phi) is 4.68. The molecule has 0 unspecified atom stereocenters. The standard InChI is InChI=1S/C14H18N4O3/c1-19-11-6-10(7-12(20-2)14(11)21-3)17-9-4-5-16-13(8-9)18-15/h4-8H,15H2,1-3H3,(H2,16,17,18). The van der Waals surface area contributed by atoms with Crippen molar-refractivity contribution in [3.05, 3.63) is 30.5 Å². The molecule has 2 aromatic rings. The molecule has 0 saturated heterocycles. The highest BCUT2D eigenvalue weighted by atomic mass is 16.5. The zero-order valence-corrected chi connectivity index (χ0v) is 12.1. The van der Waals surface area contributed by atoms with Crippen LogP contribution in [0.1, 0.15) is 0 Å². The highest BCUT2D eigenvalue weighted by Gasteiger charge is 2.13. The molecule has 0 aliphatic heterocycles. The van der Waals surface area contributed by atoms with Gasteiger partial charge in [-0.25, -0.2) is 10.8 Å². The highest BCUT2D eigenvalue weighted by Crippen LogP contribution is 2.40. The van der Waals surface area contributed by atoms with E-state index in [9.17, 15) is 0 Å². The lowest BCUT2D eigenvalue weighted by molar-refractivity contribution is 0.324. The molecule has 0 saturated carbocycles. The van der Waals surface area contributed by atoms with E-state index in [-0.39, 0.29) is 0 Å². The number of benzene rings is 1. The van der Waals surface area contributed by atoms with Crippen molar-refractivity contribution in [1.82, 2.24) is 4.98 Å². The fourth-order valence-corrected chi connectivity index (χ4v) is 1.91. The molecular formula is C14H18N4O3. The minimum Gasteiger partial charge on any atom is -0.493 e. The average Bonchev–Trinajstić information content (AvgIpc) is 2.53. The monoisotopic (exact) mass is 290 g/mol. The van der Waals surface area contributed by atoms with Crippen LogP contribution in [0.15, 0.2) is 30.5 Å². The number of pyridine rings is 1. The Labute approximate surface area is 123 Å². The van der Waals surface area contributed by atoms with Crippen molar-refractivity contribution in [2.45, 2.75) is 0 Å². The van der Waals surface area contributed by atoms with Crippen molar-refractivity contribution in [1.29, 1.82) is 0 Å². The maximum absolute atomic E-state index is 5.34. The normalized spacial score (nSPS) is 9.90. The van der Waals surface area contributed by atoms with E-state index in [0.29, 0.717) is 23.1 Å². The van der Waals surface area contributed by atoms with E-state index >= 15 is 0 Å². The van der Waals surface area contributed by atoms with Crippen molar-refractivity contribution < 1.29 is 14.2 Å². The maximum atomic E-state index is 5.34. The fourth-order valence-electron chi connectivity index (χ4n) is 1.91. The molecule has 1 aromatic carbocycles. The van der Waals surface area contributed by atoms with Gasteiger partial charge in [0.2, 0.25) is 5.75 Å². The summed E-state index contributed by atoms with van der Waals surface area (Å²) < 4.78 is 15.9. The number of ether oxygens (including phenoxy) is 3. The summed E-state index contributed by atoms with van der Waals surface area (Å²) in [4.78, 5) is 4.05. The number of hydrogen-bond acceptors (Lipinski definition) is 7.